The molecule has 0 aliphatic heterocycles. The minimum absolute atomic E-state index is 0.0285. The van der Waals surface area contributed by atoms with Gasteiger partial charge in [-0.2, -0.15) is 0 Å². The highest BCUT2D eigenvalue weighted by Crippen LogP contribution is 2.30. The van der Waals surface area contributed by atoms with Crippen LogP contribution in [0.15, 0.2) is 40.0 Å². The van der Waals surface area contributed by atoms with E-state index in [9.17, 15) is 27.5 Å². The number of hydrogen-bond acceptors (Lipinski definition) is 4. The third-order valence-electron chi connectivity index (χ3n) is 4.82. The van der Waals surface area contributed by atoms with Crippen molar-refractivity contribution in [2.24, 2.45) is 12.2 Å². The Bertz CT molecular complexity index is 1330. The third kappa shape index (κ3) is 3.52. The number of rotatable bonds is 4. The van der Waals surface area contributed by atoms with Gasteiger partial charge >= 0.3 is 5.97 Å². The molecule has 3 rings (SSSR count). The van der Waals surface area contributed by atoms with Crippen LogP contribution in [0, 0.1) is 12.7 Å². The zero-order chi connectivity index (χ0) is 21.7. The number of nitrogens with zero attached hydrogens (tertiary/aromatic N) is 1. The van der Waals surface area contributed by atoms with Crippen LogP contribution < -0.4 is 10.6 Å². The monoisotopic (exact) mass is 438 g/mol. The maximum absolute atomic E-state index is 14.2. The summed E-state index contributed by atoms with van der Waals surface area (Å²) in [4.78, 5) is 24.0. The topological polar surface area (TPSA) is 119 Å². The van der Waals surface area contributed by atoms with E-state index in [1.54, 1.807) is 0 Å². The number of hydrogen-bond donors (Lipinski definition) is 2. The fourth-order valence-corrected chi connectivity index (χ4v) is 4.58. The van der Waals surface area contributed by atoms with E-state index in [-0.39, 0.29) is 39.2 Å². The van der Waals surface area contributed by atoms with E-state index in [0.717, 1.165) is 0 Å². The number of fused-ring (bicyclic) bond motifs is 1. The van der Waals surface area contributed by atoms with Crippen LogP contribution in [0.5, 0.6) is 0 Å². The molecule has 1 aromatic heterocycles. The van der Waals surface area contributed by atoms with Gasteiger partial charge in [0.1, 0.15) is 11.4 Å². The number of primary sulfonamides is 1. The first-order chi connectivity index (χ1) is 13.4. The lowest BCUT2D eigenvalue weighted by atomic mass is 10.00. The summed E-state index contributed by atoms with van der Waals surface area (Å²) in [7, 11) is -2.97. The summed E-state index contributed by atoms with van der Waals surface area (Å²) >= 11 is 6.04. The Kier molecular flexibility index (Phi) is 5.24. The van der Waals surface area contributed by atoms with Crippen molar-refractivity contribution in [3.63, 3.8) is 0 Å². The van der Waals surface area contributed by atoms with Gasteiger partial charge in [-0.3, -0.25) is 4.79 Å². The van der Waals surface area contributed by atoms with Crippen LogP contribution in [0.3, 0.4) is 0 Å². The maximum Gasteiger partial charge on any atom is 0.341 e. The molecule has 0 atom stereocenters. The van der Waals surface area contributed by atoms with Gasteiger partial charge in [0, 0.05) is 29.7 Å². The number of sulfonamides is 1. The van der Waals surface area contributed by atoms with E-state index in [2.05, 4.69) is 0 Å². The average Bonchev–Trinajstić information content (AvgIpc) is 2.61. The van der Waals surface area contributed by atoms with Gasteiger partial charge in [0.15, 0.2) is 0 Å². The van der Waals surface area contributed by atoms with Gasteiger partial charge < -0.3 is 9.67 Å². The Hall–Kier alpha value is -2.75. The van der Waals surface area contributed by atoms with E-state index < -0.39 is 37.7 Å². The number of nitrogens with two attached hydrogens (primary N) is 1. The Morgan fingerprint density at radius 1 is 1.28 bits per heavy atom. The quantitative estimate of drug-likeness (QED) is 0.648. The maximum atomic E-state index is 14.2. The molecule has 0 aliphatic rings. The molecule has 0 aliphatic carbocycles. The van der Waals surface area contributed by atoms with Crippen LogP contribution in [0.1, 0.15) is 27.2 Å². The molecule has 3 aromatic rings. The van der Waals surface area contributed by atoms with Crippen LogP contribution in [-0.2, 0) is 23.5 Å². The molecule has 7 nitrogen and oxygen atoms in total. The van der Waals surface area contributed by atoms with E-state index >= 15 is 0 Å². The molecule has 0 amide bonds. The highest BCUT2D eigenvalue weighted by Gasteiger charge is 2.26. The number of benzene rings is 2. The van der Waals surface area contributed by atoms with Gasteiger partial charge in [-0.25, -0.2) is 22.7 Å². The minimum atomic E-state index is -4.47. The standard InChI is InChI=1S/C19H16ClFN2O5S/c1-9-15(19(25)26)17(24)16-14(23(9)2)7-6-10(18(16)29(22,27)28)8-11-12(20)4-3-5-13(11)21/h3-7H,8H2,1-2H3,(H,25,26)(H2,22,27,28). The highest BCUT2D eigenvalue weighted by molar-refractivity contribution is 7.89. The lowest BCUT2D eigenvalue weighted by Crippen LogP contribution is -2.25. The van der Waals surface area contributed by atoms with Crippen molar-refractivity contribution in [3.8, 4) is 0 Å². The molecule has 0 radical (unpaired) electrons. The highest BCUT2D eigenvalue weighted by atomic mass is 35.5. The number of pyridine rings is 1. The van der Waals surface area contributed by atoms with Crippen LogP contribution in [0.2, 0.25) is 5.02 Å². The van der Waals surface area contributed by atoms with Crippen molar-refractivity contribution in [1.29, 1.82) is 0 Å². The number of carboxylic acids is 1. The van der Waals surface area contributed by atoms with Crippen molar-refractivity contribution in [2.45, 2.75) is 18.2 Å². The summed E-state index contributed by atoms with van der Waals surface area (Å²) in [6.07, 6.45) is -0.257. The van der Waals surface area contributed by atoms with Gasteiger partial charge in [-0.1, -0.05) is 23.7 Å². The van der Waals surface area contributed by atoms with Crippen LogP contribution in [0.25, 0.3) is 10.9 Å². The molecule has 0 saturated carbocycles. The van der Waals surface area contributed by atoms with Crippen molar-refractivity contribution in [1.82, 2.24) is 4.57 Å². The zero-order valence-electron chi connectivity index (χ0n) is 15.4. The fraction of sp³-hybridized carbons (Fsp3) is 0.158. The van der Waals surface area contributed by atoms with Crippen molar-refractivity contribution in [2.75, 3.05) is 0 Å². The predicted molar refractivity (Wildman–Crippen MR) is 106 cm³/mol. The van der Waals surface area contributed by atoms with E-state index in [1.165, 1.54) is 48.9 Å². The largest absolute Gasteiger partial charge is 0.477 e. The molecule has 10 heteroatoms. The summed E-state index contributed by atoms with van der Waals surface area (Å²) in [5.41, 5.74) is -1.14. The summed E-state index contributed by atoms with van der Waals surface area (Å²) < 4.78 is 40.5. The van der Waals surface area contributed by atoms with Crippen LogP contribution in [-0.4, -0.2) is 24.1 Å². The van der Waals surface area contributed by atoms with Crippen LogP contribution in [0.4, 0.5) is 4.39 Å². The van der Waals surface area contributed by atoms with Gasteiger partial charge in [0.05, 0.1) is 15.8 Å². The molecule has 1 heterocycles. The molecule has 29 heavy (non-hydrogen) atoms. The first kappa shape index (κ1) is 21.0. The number of aromatic carboxylic acids is 1. The third-order valence-corrected chi connectivity index (χ3v) is 6.21. The first-order valence-electron chi connectivity index (χ1n) is 8.29. The van der Waals surface area contributed by atoms with Crippen molar-refractivity contribution in [3.05, 3.63) is 73.8 Å². The van der Waals surface area contributed by atoms with Gasteiger partial charge in [0.25, 0.3) is 0 Å². The molecule has 0 fully saturated rings. The second kappa shape index (κ2) is 7.25. The summed E-state index contributed by atoms with van der Waals surface area (Å²) in [5, 5.41) is 14.5. The molecular formula is C19H16ClFN2O5S. The molecule has 0 saturated heterocycles. The lowest BCUT2D eigenvalue weighted by Gasteiger charge is -2.17. The molecule has 0 spiro atoms. The molecule has 0 bridgehead atoms. The van der Waals surface area contributed by atoms with Gasteiger partial charge in [-0.15, -0.1) is 0 Å². The Balaban J connectivity index is 2.49. The Labute approximate surface area is 170 Å². The van der Waals surface area contributed by atoms with E-state index in [1.807, 2.05) is 0 Å². The SMILES string of the molecule is Cc1c(C(=O)O)c(=O)c2c(S(N)(=O)=O)c(Cc3c(F)cccc3Cl)ccc2n1C. The Morgan fingerprint density at radius 2 is 1.93 bits per heavy atom. The molecule has 2 aromatic carbocycles. The number of carbonyl (C=O) groups is 1. The second-order valence-electron chi connectivity index (χ2n) is 6.52. The van der Waals surface area contributed by atoms with E-state index in [0.29, 0.717) is 0 Å². The normalized spacial score (nSPS) is 11.8. The van der Waals surface area contributed by atoms with Crippen molar-refractivity contribution < 1.29 is 22.7 Å². The molecule has 0 unspecified atom stereocenters. The van der Waals surface area contributed by atoms with E-state index in [4.69, 9.17) is 16.7 Å². The average molecular weight is 439 g/mol. The first-order valence-corrected chi connectivity index (χ1v) is 10.2. The number of aromatic nitrogens is 1. The number of aryl methyl sites for hydroxylation is 1. The minimum Gasteiger partial charge on any atom is -0.477 e. The van der Waals surface area contributed by atoms with Gasteiger partial charge in [-0.05, 0) is 30.7 Å². The smallest absolute Gasteiger partial charge is 0.341 e. The Morgan fingerprint density at radius 3 is 2.48 bits per heavy atom. The summed E-state index contributed by atoms with van der Waals surface area (Å²) in [5.74, 6) is -2.14. The molecular weight excluding hydrogens is 423 g/mol. The number of carboxylic acid groups (broad SMARTS) is 1. The lowest BCUT2D eigenvalue weighted by molar-refractivity contribution is 0.0694. The van der Waals surface area contributed by atoms with Crippen molar-refractivity contribution >= 4 is 38.5 Å². The zero-order valence-corrected chi connectivity index (χ0v) is 16.9. The molecule has 152 valence electrons. The summed E-state index contributed by atoms with van der Waals surface area (Å²) in [6, 6.07) is 6.89. The second-order valence-corrected chi connectivity index (χ2v) is 8.43. The number of halogens is 2. The summed E-state index contributed by atoms with van der Waals surface area (Å²) in [6.45, 7) is 1.44. The van der Waals surface area contributed by atoms with Crippen LogP contribution >= 0.6 is 11.6 Å². The predicted octanol–water partition coefficient (Wildman–Crippen LogP) is 2.58. The fourth-order valence-electron chi connectivity index (χ4n) is 3.36. The molecule has 3 N–H and O–H groups in total. The van der Waals surface area contributed by atoms with Gasteiger partial charge in [0.2, 0.25) is 15.5 Å².